The second kappa shape index (κ2) is 14.9. The molecule has 288 valence electrons. The summed E-state index contributed by atoms with van der Waals surface area (Å²) in [5, 5.41) is 12.4. The van der Waals surface area contributed by atoms with Crippen LogP contribution >= 0.6 is 0 Å². The fraction of sp³-hybridized carbons (Fsp3) is 0.391. The van der Waals surface area contributed by atoms with Crippen molar-refractivity contribution >= 4 is 40.4 Å². The van der Waals surface area contributed by atoms with Gasteiger partial charge in [0.1, 0.15) is 17.6 Å². The van der Waals surface area contributed by atoms with Crippen LogP contribution in [0, 0.1) is 5.41 Å². The number of imide groups is 1. The lowest BCUT2D eigenvalue weighted by Crippen LogP contribution is -2.59. The molecule has 10 nitrogen and oxygen atoms in total. The van der Waals surface area contributed by atoms with Gasteiger partial charge in [-0.15, -0.1) is 0 Å². The van der Waals surface area contributed by atoms with E-state index in [0.717, 1.165) is 57.1 Å². The molecular formula is C46H50N6O4. The summed E-state index contributed by atoms with van der Waals surface area (Å²) < 4.78 is 0. The van der Waals surface area contributed by atoms with Crippen molar-refractivity contribution in [2.45, 2.75) is 70.5 Å². The van der Waals surface area contributed by atoms with Crippen LogP contribution in [0.2, 0.25) is 0 Å². The number of aromatic hydroxyl groups is 1. The SMILES string of the molecule is CCC(=C(c1ccc(O)cc1)c1ccc(N2CCC3(CC2)CC(N2CCN(c4ccc5c(n4)CN(C4CCC(=O)NC4=O)C5=O)CC2)C3)cc1)c1ccccc1. The second-order valence-electron chi connectivity index (χ2n) is 16.3. The van der Waals surface area contributed by atoms with Crippen molar-refractivity contribution in [3.8, 4) is 5.75 Å². The minimum Gasteiger partial charge on any atom is -0.508 e. The zero-order valence-electron chi connectivity index (χ0n) is 32.1. The first-order chi connectivity index (χ1) is 27.3. The van der Waals surface area contributed by atoms with Gasteiger partial charge in [-0.05, 0) is 108 Å². The smallest absolute Gasteiger partial charge is 0.256 e. The van der Waals surface area contributed by atoms with Crippen molar-refractivity contribution in [3.63, 3.8) is 0 Å². The normalized spacial score (nSPS) is 21.8. The van der Waals surface area contributed by atoms with Crippen molar-refractivity contribution in [1.29, 1.82) is 0 Å². The van der Waals surface area contributed by atoms with E-state index in [1.165, 1.54) is 53.6 Å². The van der Waals surface area contributed by atoms with E-state index in [1.54, 1.807) is 17.0 Å². The number of carbonyl (C=O) groups excluding carboxylic acids is 3. The van der Waals surface area contributed by atoms with Crippen LogP contribution in [0.1, 0.15) is 84.6 Å². The Labute approximate surface area is 328 Å². The zero-order chi connectivity index (χ0) is 38.4. The molecule has 2 N–H and O–H groups in total. The van der Waals surface area contributed by atoms with Crippen molar-refractivity contribution in [2.75, 3.05) is 49.1 Å². The molecule has 1 spiro atoms. The number of allylic oxidation sites excluding steroid dienone is 1. The number of phenolic OH excluding ortho intramolecular Hbond substituents is 1. The van der Waals surface area contributed by atoms with E-state index in [2.05, 4.69) is 81.5 Å². The highest BCUT2D eigenvalue weighted by atomic mass is 16.3. The van der Waals surface area contributed by atoms with Crippen molar-refractivity contribution in [3.05, 3.63) is 119 Å². The fourth-order valence-electron chi connectivity index (χ4n) is 9.91. The molecule has 10 heteroatoms. The minimum atomic E-state index is -0.625. The lowest BCUT2D eigenvalue weighted by molar-refractivity contribution is -0.136. The Morgan fingerprint density at radius 2 is 1.46 bits per heavy atom. The first kappa shape index (κ1) is 36.2. The number of fused-ring (bicyclic) bond motifs is 1. The number of rotatable bonds is 8. The van der Waals surface area contributed by atoms with Gasteiger partial charge >= 0.3 is 0 Å². The van der Waals surface area contributed by atoms with Crippen LogP contribution in [0.25, 0.3) is 11.1 Å². The molecule has 4 fully saturated rings. The van der Waals surface area contributed by atoms with Crippen LogP contribution in [0.3, 0.4) is 0 Å². The number of phenols is 1. The van der Waals surface area contributed by atoms with Crippen molar-refractivity contribution in [2.24, 2.45) is 5.41 Å². The van der Waals surface area contributed by atoms with Crippen LogP contribution in [0.4, 0.5) is 11.5 Å². The Hall–Kier alpha value is -5.48. The molecule has 5 heterocycles. The summed E-state index contributed by atoms with van der Waals surface area (Å²) in [4.78, 5) is 51.3. The van der Waals surface area contributed by atoms with Gasteiger partial charge in [0.15, 0.2) is 0 Å². The molecule has 1 saturated carbocycles. The van der Waals surface area contributed by atoms with Gasteiger partial charge in [0, 0.05) is 57.4 Å². The molecule has 3 amide bonds. The summed E-state index contributed by atoms with van der Waals surface area (Å²) in [5.74, 6) is 0.306. The topological polar surface area (TPSA) is 109 Å². The molecule has 4 aliphatic heterocycles. The number of amides is 3. The molecule has 5 aliphatic rings. The van der Waals surface area contributed by atoms with E-state index in [4.69, 9.17) is 4.98 Å². The molecule has 4 aromatic rings. The number of piperidine rings is 2. The summed E-state index contributed by atoms with van der Waals surface area (Å²) in [5.41, 5.74) is 9.02. The maximum atomic E-state index is 13.1. The molecular weight excluding hydrogens is 701 g/mol. The van der Waals surface area contributed by atoms with E-state index >= 15 is 0 Å². The van der Waals surface area contributed by atoms with E-state index in [-0.39, 0.29) is 24.0 Å². The van der Waals surface area contributed by atoms with E-state index in [1.807, 2.05) is 24.3 Å². The first-order valence-electron chi connectivity index (χ1n) is 20.3. The summed E-state index contributed by atoms with van der Waals surface area (Å²) in [6.45, 7) is 8.49. The van der Waals surface area contributed by atoms with Crippen molar-refractivity contribution < 1.29 is 19.5 Å². The number of carbonyl (C=O) groups is 3. The van der Waals surface area contributed by atoms with Gasteiger partial charge in [-0.3, -0.25) is 24.6 Å². The Morgan fingerprint density at radius 3 is 2.12 bits per heavy atom. The van der Waals surface area contributed by atoms with Gasteiger partial charge in [0.25, 0.3) is 5.91 Å². The summed E-state index contributed by atoms with van der Waals surface area (Å²) in [6.07, 6.45) is 6.50. The van der Waals surface area contributed by atoms with Gasteiger partial charge < -0.3 is 19.8 Å². The van der Waals surface area contributed by atoms with Gasteiger partial charge in [0.2, 0.25) is 11.8 Å². The standard InChI is InChI=1S/C46H50N6O4/c1-2-37(31-6-4-3-5-7-31)43(33-10-14-36(53)15-11-33)32-8-12-34(13-9-32)49-22-20-46(21-23-49)28-35(29-46)50-24-26-51(27-25-50)41-18-16-38-39(47-41)30-52(45(38)56)40-17-19-42(54)48-44(40)55/h3-16,18,35,40,53H,2,17,19-30H2,1H3,(H,48,54,55). The lowest BCUT2D eigenvalue weighted by Gasteiger charge is -2.56. The van der Waals surface area contributed by atoms with Crippen LogP contribution < -0.4 is 15.1 Å². The molecule has 3 saturated heterocycles. The number of pyridine rings is 1. The van der Waals surface area contributed by atoms with Gasteiger partial charge in [-0.2, -0.15) is 0 Å². The van der Waals surface area contributed by atoms with Crippen LogP contribution in [-0.2, 0) is 16.1 Å². The molecule has 56 heavy (non-hydrogen) atoms. The quantitative estimate of drug-likeness (QED) is 0.156. The molecule has 0 radical (unpaired) electrons. The average molecular weight is 751 g/mol. The Morgan fingerprint density at radius 1 is 0.786 bits per heavy atom. The predicted molar refractivity (Wildman–Crippen MR) is 218 cm³/mol. The molecule has 1 aromatic heterocycles. The number of hydrogen-bond acceptors (Lipinski definition) is 8. The third-order valence-electron chi connectivity index (χ3n) is 13.1. The number of aromatic nitrogens is 1. The molecule has 1 atom stereocenters. The summed E-state index contributed by atoms with van der Waals surface area (Å²) >= 11 is 0. The molecule has 3 aromatic carbocycles. The molecule has 9 rings (SSSR count). The van der Waals surface area contributed by atoms with E-state index in [9.17, 15) is 19.5 Å². The second-order valence-corrected chi connectivity index (χ2v) is 16.3. The maximum Gasteiger partial charge on any atom is 0.256 e. The number of piperazine rings is 1. The molecule has 1 aliphatic carbocycles. The highest BCUT2D eigenvalue weighted by molar-refractivity contribution is 6.05. The number of hydrogen-bond donors (Lipinski definition) is 2. The highest BCUT2D eigenvalue weighted by Gasteiger charge is 2.48. The average Bonchev–Trinajstić information content (AvgIpc) is 3.54. The number of nitrogens with one attached hydrogen (secondary N) is 1. The van der Waals surface area contributed by atoms with E-state index in [0.29, 0.717) is 35.7 Å². The van der Waals surface area contributed by atoms with Gasteiger partial charge in [0.05, 0.1) is 17.8 Å². The van der Waals surface area contributed by atoms with Crippen LogP contribution in [-0.4, -0.2) is 89.0 Å². The monoisotopic (exact) mass is 750 g/mol. The van der Waals surface area contributed by atoms with Crippen molar-refractivity contribution in [1.82, 2.24) is 20.1 Å². The van der Waals surface area contributed by atoms with Crippen LogP contribution in [0.5, 0.6) is 5.75 Å². The zero-order valence-corrected chi connectivity index (χ0v) is 32.1. The van der Waals surface area contributed by atoms with Gasteiger partial charge in [-0.25, -0.2) is 4.98 Å². The number of benzene rings is 3. The Kier molecular flexibility index (Phi) is 9.61. The van der Waals surface area contributed by atoms with Gasteiger partial charge in [-0.1, -0.05) is 61.5 Å². The fourth-order valence-corrected chi connectivity index (χ4v) is 9.91. The summed E-state index contributed by atoms with van der Waals surface area (Å²) in [7, 11) is 0. The van der Waals surface area contributed by atoms with E-state index < -0.39 is 11.9 Å². The largest absolute Gasteiger partial charge is 0.508 e. The third kappa shape index (κ3) is 6.84. The lowest BCUT2D eigenvalue weighted by atomic mass is 9.60. The molecule has 1 unspecified atom stereocenters. The molecule has 0 bridgehead atoms. The first-order valence-corrected chi connectivity index (χ1v) is 20.3. The number of nitrogens with zero attached hydrogens (tertiary/aromatic N) is 5. The minimum absolute atomic E-state index is 0.181. The predicted octanol–water partition coefficient (Wildman–Crippen LogP) is 6.49. The maximum absolute atomic E-state index is 13.1. The van der Waals surface area contributed by atoms with Crippen LogP contribution in [0.15, 0.2) is 91.0 Å². The third-order valence-corrected chi connectivity index (χ3v) is 13.1. The Balaban J connectivity index is 0.786. The number of anilines is 2. The summed E-state index contributed by atoms with van der Waals surface area (Å²) in [6, 6.07) is 31.1. The highest BCUT2D eigenvalue weighted by Crippen LogP contribution is 2.51. The Bertz CT molecular complexity index is 2140.